The maximum absolute atomic E-state index is 13.3. The summed E-state index contributed by atoms with van der Waals surface area (Å²) in [6, 6.07) is 10.8. The monoisotopic (exact) mass is 483 g/mol. The van der Waals surface area contributed by atoms with Gasteiger partial charge in [0.1, 0.15) is 11.3 Å². The number of nitrogens with one attached hydrogen (secondary N) is 1. The van der Waals surface area contributed by atoms with Gasteiger partial charge in [-0.1, -0.05) is 18.5 Å². The Morgan fingerprint density at radius 2 is 1.88 bits per heavy atom. The molecule has 0 aliphatic carbocycles. The average molecular weight is 484 g/mol. The maximum Gasteiger partial charge on any atom is 0.270 e. The average Bonchev–Trinajstić information content (AvgIpc) is 2.75. The van der Waals surface area contributed by atoms with Gasteiger partial charge >= 0.3 is 0 Å². The fraction of sp³-hybridized carbons (Fsp3) is 0.320. The number of nitrogens with zero attached hydrogens (tertiary/aromatic N) is 2. The van der Waals surface area contributed by atoms with Crippen LogP contribution in [0.3, 0.4) is 0 Å². The fourth-order valence-electron chi connectivity index (χ4n) is 4.49. The first kappa shape index (κ1) is 23.3. The molecule has 1 atom stereocenters. The molecule has 0 saturated carbocycles. The Labute approximate surface area is 204 Å². The Kier molecular flexibility index (Phi) is 5.97. The van der Waals surface area contributed by atoms with E-state index < -0.39 is 11.8 Å². The number of halogens is 1. The first-order chi connectivity index (χ1) is 15.5. The van der Waals surface area contributed by atoms with Crippen LogP contribution in [0.5, 0.6) is 5.75 Å². The third-order valence-corrected chi connectivity index (χ3v) is 7.10. The summed E-state index contributed by atoms with van der Waals surface area (Å²) in [5, 5.41) is 3.12. The molecule has 0 radical (unpaired) electrons. The molecule has 0 aromatic heterocycles. The van der Waals surface area contributed by atoms with Crippen LogP contribution in [0.4, 0.5) is 11.4 Å². The zero-order chi connectivity index (χ0) is 24.1. The Balaban J connectivity index is 1.75. The van der Waals surface area contributed by atoms with Crippen LogP contribution in [0.25, 0.3) is 6.08 Å². The number of thiocarbonyl (C=S) groups is 1. The van der Waals surface area contributed by atoms with E-state index in [1.54, 1.807) is 37.5 Å². The van der Waals surface area contributed by atoms with Crippen LogP contribution in [0.1, 0.15) is 44.2 Å². The Hall–Kier alpha value is -2.90. The zero-order valence-electron chi connectivity index (χ0n) is 19.2. The SMILES string of the molecule is COc1ccc(N2C(=O)/C(=C/c3cc4c(cc3Cl)N(C)C(C)(C)C[C@@H]4C)C(=O)NC2=S)cc1. The lowest BCUT2D eigenvalue weighted by molar-refractivity contribution is -0.122. The predicted octanol–water partition coefficient (Wildman–Crippen LogP) is 4.90. The lowest BCUT2D eigenvalue weighted by Gasteiger charge is -2.45. The molecule has 6 nitrogen and oxygen atoms in total. The van der Waals surface area contributed by atoms with Gasteiger partial charge in [0.15, 0.2) is 5.11 Å². The van der Waals surface area contributed by atoms with Gasteiger partial charge in [0.2, 0.25) is 0 Å². The van der Waals surface area contributed by atoms with Gasteiger partial charge in [0.05, 0.1) is 12.8 Å². The molecule has 2 aliphatic rings. The van der Waals surface area contributed by atoms with Gasteiger partial charge in [0, 0.05) is 23.3 Å². The molecular formula is C25H26ClN3O3S. The topological polar surface area (TPSA) is 61.9 Å². The Morgan fingerprint density at radius 3 is 2.52 bits per heavy atom. The molecule has 2 aromatic rings. The van der Waals surface area contributed by atoms with E-state index in [0.717, 1.165) is 17.7 Å². The fourth-order valence-corrected chi connectivity index (χ4v) is 4.99. The molecule has 2 amide bonds. The summed E-state index contributed by atoms with van der Waals surface area (Å²) in [6.45, 7) is 6.59. The molecule has 2 aliphatic heterocycles. The number of ether oxygens (including phenoxy) is 1. The van der Waals surface area contributed by atoms with Gasteiger partial charge in [-0.15, -0.1) is 0 Å². The largest absolute Gasteiger partial charge is 0.497 e. The molecule has 8 heteroatoms. The quantitative estimate of drug-likeness (QED) is 0.382. The minimum Gasteiger partial charge on any atom is -0.497 e. The molecule has 0 bridgehead atoms. The number of fused-ring (bicyclic) bond motifs is 1. The smallest absolute Gasteiger partial charge is 0.270 e. The number of methoxy groups -OCH3 is 1. The van der Waals surface area contributed by atoms with E-state index in [1.165, 1.54) is 4.90 Å². The molecule has 4 rings (SSSR count). The van der Waals surface area contributed by atoms with E-state index in [4.69, 9.17) is 28.6 Å². The number of benzene rings is 2. The number of amides is 2. The van der Waals surface area contributed by atoms with Crippen molar-refractivity contribution >= 4 is 58.2 Å². The molecule has 2 heterocycles. The van der Waals surface area contributed by atoms with Crippen LogP contribution in [0, 0.1) is 0 Å². The molecule has 172 valence electrons. The molecule has 0 unspecified atom stereocenters. The number of anilines is 2. The highest BCUT2D eigenvalue weighted by Gasteiger charge is 2.36. The summed E-state index contributed by atoms with van der Waals surface area (Å²) >= 11 is 11.9. The molecule has 0 spiro atoms. The van der Waals surface area contributed by atoms with E-state index in [-0.39, 0.29) is 16.2 Å². The summed E-state index contributed by atoms with van der Waals surface area (Å²) < 4.78 is 5.18. The molecule has 1 fully saturated rings. The summed E-state index contributed by atoms with van der Waals surface area (Å²) in [5.41, 5.74) is 3.33. The third-order valence-electron chi connectivity index (χ3n) is 6.48. The molecule has 1 N–H and O–H groups in total. The number of rotatable bonds is 3. The van der Waals surface area contributed by atoms with Crippen molar-refractivity contribution in [1.29, 1.82) is 0 Å². The summed E-state index contributed by atoms with van der Waals surface area (Å²) in [7, 11) is 3.62. The highest BCUT2D eigenvalue weighted by atomic mass is 35.5. The van der Waals surface area contributed by atoms with Gasteiger partial charge in [-0.2, -0.15) is 0 Å². The maximum atomic E-state index is 13.3. The van der Waals surface area contributed by atoms with E-state index in [1.807, 2.05) is 12.1 Å². The van der Waals surface area contributed by atoms with Gasteiger partial charge in [-0.05, 0) is 92.0 Å². The zero-order valence-corrected chi connectivity index (χ0v) is 20.8. The minimum atomic E-state index is -0.546. The normalized spacial score (nSPS) is 21.2. The van der Waals surface area contributed by atoms with Crippen molar-refractivity contribution in [3.8, 4) is 5.75 Å². The van der Waals surface area contributed by atoms with E-state index in [2.05, 4.69) is 38.0 Å². The van der Waals surface area contributed by atoms with Crippen LogP contribution < -0.4 is 19.9 Å². The van der Waals surface area contributed by atoms with Crippen LogP contribution in [0.2, 0.25) is 5.02 Å². The molecule has 33 heavy (non-hydrogen) atoms. The van der Waals surface area contributed by atoms with Gasteiger partial charge in [-0.3, -0.25) is 19.8 Å². The summed E-state index contributed by atoms with van der Waals surface area (Å²) in [4.78, 5) is 29.6. The van der Waals surface area contributed by atoms with Crippen LogP contribution >= 0.6 is 23.8 Å². The predicted molar refractivity (Wildman–Crippen MR) is 136 cm³/mol. The Morgan fingerprint density at radius 1 is 1.21 bits per heavy atom. The van der Waals surface area contributed by atoms with Gasteiger partial charge in [-0.25, -0.2) is 0 Å². The standard InChI is InChI=1S/C25H26ClN3O3S/c1-14-13-25(2,3)28(4)21-12-20(26)15(10-18(14)21)11-19-22(30)27-24(33)29(23(19)31)16-6-8-17(32-5)9-7-16/h6-12,14H,13H2,1-5H3,(H,27,30,33)/b19-11+/t14-/m0/s1. The lowest BCUT2D eigenvalue weighted by Crippen LogP contribution is -2.54. The lowest BCUT2D eigenvalue weighted by atomic mass is 9.80. The molecular weight excluding hydrogens is 458 g/mol. The van der Waals surface area contributed by atoms with Crippen molar-refractivity contribution in [2.45, 2.75) is 38.6 Å². The van der Waals surface area contributed by atoms with E-state index in [9.17, 15) is 9.59 Å². The molecule has 1 saturated heterocycles. The van der Waals surface area contributed by atoms with Gasteiger partial charge < -0.3 is 9.64 Å². The second kappa shape index (κ2) is 8.47. The highest BCUT2D eigenvalue weighted by molar-refractivity contribution is 7.80. The van der Waals surface area contributed by atoms with Crippen molar-refractivity contribution in [2.75, 3.05) is 24.0 Å². The summed E-state index contributed by atoms with van der Waals surface area (Å²) in [5.74, 6) is -0.0965. The van der Waals surface area contributed by atoms with Crippen LogP contribution in [-0.4, -0.2) is 36.6 Å². The Bertz CT molecular complexity index is 1190. The minimum absolute atomic E-state index is 0.00348. The number of hydrogen-bond donors (Lipinski definition) is 1. The highest BCUT2D eigenvalue weighted by Crippen LogP contribution is 2.44. The first-order valence-corrected chi connectivity index (χ1v) is 11.4. The van der Waals surface area contributed by atoms with E-state index in [0.29, 0.717) is 27.9 Å². The van der Waals surface area contributed by atoms with Crippen molar-refractivity contribution in [3.05, 3.63) is 58.1 Å². The van der Waals surface area contributed by atoms with Crippen molar-refractivity contribution in [1.82, 2.24) is 5.32 Å². The van der Waals surface area contributed by atoms with Crippen LogP contribution in [-0.2, 0) is 9.59 Å². The van der Waals surface area contributed by atoms with E-state index >= 15 is 0 Å². The first-order valence-electron chi connectivity index (χ1n) is 10.7. The van der Waals surface area contributed by atoms with Crippen molar-refractivity contribution in [3.63, 3.8) is 0 Å². The second-order valence-corrected chi connectivity index (χ2v) is 9.86. The number of hydrogen-bond acceptors (Lipinski definition) is 5. The van der Waals surface area contributed by atoms with Crippen molar-refractivity contribution in [2.24, 2.45) is 0 Å². The molecule has 2 aromatic carbocycles. The summed E-state index contributed by atoms with van der Waals surface area (Å²) in [6.07, 6.45) is 2.53. The number of carbonyl (C=O) groups excluding carboxylic acids is 2. The van der Waals surface area contributed by atoms with Gasteiger partial charge in [0.25, 0.3) is 11.8 Å². The van der Waals surface area contributed by atoms with Crippen LogP contribution in [0.15, 0.2) is 42.0 Å². The number of carbonyl (C=O) groups is 2. The third kappa shape index (κ3) is 4.11. The second-order valence-electron chi connectivity index (χ2n) is 9.07. The van der Waals surface area contributed by atoms with Crippen molar-refractivity contribution < 1.29 is 14.3 Å².